The maximum atomic E-state index is 11.8. The molecule has 32 heavy (non-hydrogen) atoms. The second-order valence-electron chi connectivity index (χ2n) is 7.64. The average molecular weight is 493 g/mol. The molecule has 3 aromatic rings. The van der Waals surface area contributed by atoms with Crippen molar-refractivity contribution in [2.75, 3.05) is 14.2 Å². The van der Waals surface area contributed by atoms with Gasteiger partial charge in [0.05, 0.1) is 31.5 Å². The van der Waals surface area contributed by atoms with E-state index < -0.39 is 6.23 Å². The second-order valence-corrected chi connectivity index (χ2v) is 8.56. The van der Waals surface area contributed by atoms with E-state index in [2.05, 4.69) is 22.0 Å². The van der Waals surface area contributed by atoms with Gasteiger partial charge in [0.15, 0.2) is 0 Å². The second kappa shape index (κ2) is 8.31. The zero-order valence-electron chi connectivity index (χ0n) is 17.6. The lowest BCUT2D eigenvalue weighted by molar-refractivity contribution is -0.0191. The summed E-state index contributed by atoms with van der Waals surface area (Å²) in [4.78, 5) is 11.8. The van der Waals surface area contributed by atoms with Gasteiger partial charge in [-0.05, 0) is 42.5 Å². The Kier molecular flexibility index (Phi) is 5.35. The van der Waals surface area contributed by atoms with Gasteiger partial charge in [-0.1, -0.05) is 40.2 Å². The molecule has 162 valence electrons. The van der Waals surface area contributed by atoms with Crippen LogP contribution >= 0.6 is 15.9 Å². The van der Waals surface area contributed by atoms with Crippen molar-refractivity contribution in [1.82, 2.24) is 5.01 Å². The Labute approximate surface area is 194 Å². The summed E-state index contributed by atoms with van der Waals surface area (Å²) in [6.45, 7) is 0. The summed E-state index contributed by atoms with van der Waals surface area (Å²) in [5, 5.41) is 6.99. The van der Waals surface area contributed by atoms with E-state index in [1.807, 2.05) is 53.5 Å². The number of hydrazone groups is 1. The molecule has 3 aromatic carbocycles. The molecule has 6 nitrogen and oxygen atoms in total. The Morgan fingerprint density at radius 2 is 1.91 bits per heavy atom. The van der Waals surface area contributed by atoms with Crippen LogP contribution in [0.3, 0.4) is 0 Å². The Morgan fingerprint density at radius 1 is 1.09 bits per heavy atom. The minimum atomic E-state index is -0.413. The summed E-state index contributed by atoms with van der Waals surface area (Å²) in [5.41, 5.74) is 4.49. The molecule has 2 heterocycles. The first-order chi connectivity index (χ1) is 15.6. The molecule has 0 bridgehead atoms. The van der Waals surface area contributed by atoms with Gasteiger partial charge in [-0.3, -0.25) is 0 Å². The van der Waals surface area contributed by atoms with E-state index in [0.29, 0.717) is 5.56 Å². The summed E-state index contributed by atoms with van der Waals surface area (Å²) in [6.07, 6.45) is 0.333. The van der Waals surface area contributed by atoms with Gasteiger partial charge >= 0.3 is 5.97 Å². The van der Waals surface area contributed by atoms with Crippen LogP contribution in [0.1, 0.15) is 45.7 Å². The van der Waals surface area contributed by atoms with Gasteiger partial charge in [0.1, 0.15) is 11.5 Å². The van der Waals surface area contributed by atoms with Gasteiger partial charge in [-0.2, -0.15) is 5.10 Å². The van der Waals surface area contributed by atoms with Crippen LogP contribution in [-0.4, -0.2) is 30.9 Å². The highest BCUT2D eigenvalue weighted by Gasteiger charge is 2.41. The third-order valence-electron chi connectivity index (χ3n) is 5.77. The SMILES string of the molecule is COC(=O)c1ccc([C@@H]2Oc3ccc(Br)cc3[C@@H]3CC(c4cccc(OC)c4)=NN32)cc1. The summed E-state index contributed by atoms with van der Waals surface area (Å²) >= 11 is 3.58. The molecule has 0 saturated carbocycles. The van der Waals surface area contributed by atoms with E-state index in [1.165, 1.54) is 7.11 Å². The van der Waals surface area contributed by atoms with Crippen LogP contribution < -0.4 is 9.47 Å². The summed E-state index contributed by atoms with van der Waals surface area (Å²) < 4.78 is 17.6. The number of benzene rings is 3. The monoisotopic (exact) mass is 492 g/mol. The van der Waals surface area contributed by atoms with Gasteiger partial charge in [0, 0.05) is 27.6 Å². The number of hydrogen-bond acceptors (Lipinski definition) is 6. The number of carbonyl (C=O) groups excluding carboxylic acids is 1. The zero-order chi connectivity index (χ0) is 22.2. The lowest BCUT2D eigenvalue weighted by Crippen LogP contribution is -2.33. The third kappa shape index (κ3) is 3.62. The first-order valence-corrected chi connectivity index (χ1v) is 11.0. The predicted molar refractivity (Wildman–Crippen MR) is 124 cm³/mol. The molecule has 5 rings (SSSR count). The van der Waals surface area contributed by atoms with Crippen molar-refractivity contribution in [3.63, 3.8) is 0 Å². The van der Waals surface area contributed by atoms with E-state index >= 15 is 0 Å². The number of esters is 1. The molecular weight excluding hydrogens is 472 g/mol. The fraction of sp³-hybridized carbons (Fsp3) is 0.200. The number of halogens is 1. The molecule has 0 saturated heterocycles. The van der Waals surface area contributed by atoms with Crippen molar-refractivity contribution in [2.45, 2.75) is 18.7 Å². The van der Waals surface area contributed by atoms with Crippen molar-refractivity contribution in [3.8, 4) is 11.5 Å². The largest absolute Gasteiger partial charge is 0.497 e. The van der Waals surface area contributed by atoms with Crippen LogP contribution in [0.5, 0.6) is 11.5 Å². The van der Waals surface area contributed by atoms with Gasteiger partial charge in [-0.25, -0.2) is 9.80 Å². The highest BCUT2D eigenvalue weighted by Crippen LogP contribution is 2.48. The van der Waals surface area contributed by atoms with Gasteiger partial charge in [0.25, 0.3) is 0 Å². The summed E-state index contributed by atoms with van der Waals surface area (Å²) in [6, 6.07) is 21.3. The van der Waals surface area contributed by atoms with Crippen molar-refractivity contribution >= 4 is 27.6 Å². The van der Waals surface area contributed by atoms with Crippen LogP contribution in [0, 0.1) is 0 Å². The topological polar surface area (TPSA) is 60.4 Å². The number of ether oxygens (including phenoxy) is 3. The average Bonchev–Trinajstić information content (AvgIpc) is 3.29. The summed E-state index contributed by atoms with van der Waals surface area (Å²) in [5.74, 6) is 1.26. The van der Waals surface area contributed by atoms with Gasteiger partial charge in [-0.15, -0.1) is 0 Å². The number of fused-ring (bicyclic) bond motifs is 3. The van der Waals surface area contributed by atoms with Crippen molar-refractivity contribution in [2.24, 2.45) is 5.10 Å². The fourth-order valence-electron chi connectivity index (χ4n) is 4.16. The van der Waals surface area contributed by atoms with Crippen LogP contribution in [-0.2, 0) is 4.74 Å². The highest BCUT2D eigenvalue weighted by atomic mass is 79.9. The Bertz CT molecular complexity index is 1210. The smallest absolute Gasteiger partial charge is 0.337 e. The van der Waals surface area contributed by atoms with E-state index in [1.54, 1.807) is 19.2 Å². The van der Waals surface area contributed by atoms with Crippen LogP contribution in [0.15, 0.2) is 76.3 Å². The Balaban J connectivity index is 1.56. The Morgan fingerprint density at radius 3 is 2.66 bits per heavy atom. The molecule has 0 aromatic heterocycles. The molecule has 0 radical (unpaired) electrons. The van der Waals surface area contributed by atoms with E-state index in [-0.39, 0.29) is 12.0 Å². The normalized spacial score (nSPS) is 18.8. The van der Waals surface area contributed by atoms with Crippen molar-refractivity contribution in [3.05, 3.63) is 93.5 Å². The number of hydrogen-bond donors (Lipinski definition) is 0. The van der Waals surface area contributed by atoms with Gasteiger partial charge < -0.3 is 14.2 Å². The van der Waals surface area contributed by atoms with E-state index in [0.717, 1.165) is 44.8 Å². The molecule has 0 amide bonds. The molecule has 0 unspecified atom stereocenters. The molecule has 0 N–H and O–H groups in total. The Hall–Kier alpha value is -3.32. The van der Waals surface area contributed by atoms with Crippen molar-refractivity contribution in [1.29, 1.82) is 0 Å². The van der Waals surface area contributed by atoms with Crippen LogP contribution in [0.4, 0.5) is 0 Å². The summed E-state index contributed by atoms with van der Waals surface area (Å²) in [7, 11) is 3.04. The lowest BCUT2D eigenvalue weighted by Gasteiger charge is -2.38. The number of nitrogens with zero attached hydrogens (tertiary/aromatic N) is 2. The lowest BCUT2D eigenvalue weighted by atomic mass is 9.95. The van der Waals surface area contributed by atoms with E-state index in [4.69, 9.17) is 19.3 Å². The molecule has 7 heteroatoms. The minimum absolute atomic E-state index is 0.0303. The first kappa shape index (κ1) is 20.6. The van der Waals surface area contributed by atoms with E-state index in [9.17, 15) is 4.79 Å². The van der Waals surface area contributed by atoms with Crippen molar-refractivity contribution < 1.29 is 19.0 Å². The maximum Gasteiger partial charge on any atom is 0.337 e. The highest BCUT2D eigenvalue weighted by molar-refractivity contribution is 9.10. The molecule has 0 fully saturated rings. The maximum absolute atomic E-state index is 11.8. The zero-order valence-corrected chi connectivity index (χ0v) is 19.2. The molecule has 0 spiro atoms. The molecular formula is C25H21BrN2O4. The molecule has 0 aliphatic carbocycles. The number of rotatable bonds is 4. The first-order valence-electron chi connectivity index (χ1n) is 10.2. The minimum Gasteiger partial charge on any atom is -0.497 e. The fourth-order valence-corrected chi connectivity index (χ4v) is 4.54. The number of methoxy groups -OCH3 is 2. The quantitative estimate of drug-likeness (QED) is 0.450. The molecule has 2 aliphatic heterocycles. The van der Waals surface area contributed by atoms with Crippen LogP contribution in [0.2, 0.25) is 0 Å². The molecule has 2 atom stereocenters. The predicted octanol–water partition coefficient (Wildman–Crippen LogP) is 5.49. The third-order valence-corrected chi connectivity index (χ3v) is 6.27. The standard InChI is InChI=1S/C25H21BrN2O4/c1-30-19-5-3-4-17(12-19)21-14-22-20-13-18(26)10-11-23(20)32-24(28(22)27-21)15-6-8-16(9-7-15)25(29)31-2/h3-13,22,24H,14H2,1-2H3/t22-,24-/m0/s1. The van der Waals surface area contributed by atoms with Gasteiger partial charge in [0.2, 0.25) is 6.23 Å². The van der Waals surface area contributed by atoms with Crippen LogP contribution in [0.25, 0.3) is 0 Å². The molecule has 2 aliphatic rings. The number of carbonyl (C=O) groups is 1.